The Morgan fingerprint density at radius 3 is 2.26 bits per heavy atom. The van der Waals surface area contributed by atoms with Gasteiger partial charge in [-0.05, 0) is 63.3 Å². The quantitative estimate of drug-likeness (QED) is 0.683. The van der Waals surface area contributed by atoms with Crippen molar-refractivity contribution >= 4 is 15.9 Å². The number of alkyl halides is 1. The second-order valence-corrected chi connectivity index (χ2v) is 6.77. The monoisotopic (exact) mass is 323 g/mol. The fourth-order valence-electron chi connectivity index (χ4n) is 3.07. The summed E-state index contributed by atoms with van der Waals surface area (Å²) in [5, 5.41) is 1.11. The first-order chi connectivity index (χ1) is 9.11. The molecule has 0 bridgehead atoms. The van der Waals surface area contributed by atoms with Crippen molar-refractivity contribution in [1.29, 1.82) is 0 Å². The molecule has 0 unspecified atom stereocenters. The summed E-state index contributed by atoms with van der Waals surface area (Å²) in [6.07, 6.45) is 5.46. The van der Waals surface area contributed by atoms with E-state index in [1.807, 2.05) is 0 Å². The minimum absolute atomic E-state index is 0.833. The number of hydrogen-bond donors (Lipinski definition) is 0. The van der Waals surface area contributed by atoms with Crippen molar-refractivity contribution in [1.82, 2.24) is 4.90 Å². The highest BCUT2D eigenvalue weighted by Crippen LogP contribution is 2.28. The van der Waals surface area contributed by atoms with Crippen LogP contribution in [0.4, 0.5) is 0 Å². The van der Waals surface area contributed by atoms with E-state index in [1.165, 1.54) is 48.9 Å². The van der Waals surface area contributed by atoms with Crippen molar-refractivity contribution in [3.63, 3.8) is 0 Å². The van der Waals surface area contributed by atoms with Crippen LogP contribution in [0.2, 0.25) is 0 Å². The summed E-state index contributed by atoms with van der Waals surface area (Å²) in [5.41, 5.74) is 5.85. The molecule has 2 heteroatoms. The summed E-state index contributed by atoms with van der Waals surface area (Å²) in [6.45, 7) is 9.08. The molecule has 0 heterocycles. The van der Waals surface area contributed by atoms with Crippen LogP contribution in [0.5, 0.6) is 0 Å². The molecule has 19 heavy (non-hydrogen) atoms. The maximum absolute atomic E-state index is 3.56. The van der Waals surface area contributed by atoms with E-state index in [4.69, 9.17) is 0 Å². The molecule has 1 saturated carbocycles. The smallest absolute Gasteiger partial charge is 0.0241 e. The lowest BCUT2D eigenvalue weighted by molar-refractivity contribution is 0.119. The molecule has 106 valence electrons. The molecule has 1 aliphatic carbocycles. The van der Waals surface area contributed by atoms with Crippen molar-refractivity contribution in [2.24, 2.45) is 0 Å². The predicted octanol–water partition coefficient (Wildman–Crippen LogP) is 4.75. The van der Waals surface area contributed by atoms with E-state index in [0.717, 1.165) is 17.9 Å². The highest BCUT2D eigenvalue weighted by atomic mass is 79.9. The Kier molecular flexibility index (Phi) is 5.47. The first-order valence-electron chi connectivity index (χ1n) is 7.48. The first kappa shape index (κ1) is 15.1. The van der Waals surface area contributed by atoms with E-state index in [1.54, 1.807) is 5.56 Å². The van der Waals surface area contributed by atoms with E-state index in [9.17, 15) is 0 Å². The number of hydrogen-bond acceptors (Lipinski definition) is 1. The summed E-state index contributed by atoms with van der Waals surface area (Å²) in [5.74, 6) is 0. The number of benzene rings is 1. The molecule has 0 N–H and O–H groups in total. The molecule has 0 aromatic heterocycles. The standard InChI is InChI=1S/C17H26BrN/c1-13-10-14(2)17(15(3)11-13)12-19(9-5-8-18)16-6-4-7-16/h10-11,16H,4-9,12H2,1-3H3. The number of aryl methyl sites for hydroxylation is 3. The van der Waals surface area contributed by atoms with Gasteiger partial charge in [0.05, 0.1) is 0 Å². The average Bonchev–Trinajstić information content (AvgIpc) is 2.27. The Morgan fingerprint density at radius 1 is 1.16 bits per heavy atom. The van der Waals surface area contributed by atoms with Gasteiger partial charge >= 0.3 is 0 Å². The van der Waals surface area contributed by atoms with E-state index in [-0.39, 0.29) is 0 Å². The summed E-state index contributed by atoms with van der Waals surface area (Å²) >= 11 is 3.56. The van der Waals surface area contributed by atoms with Crippen LogP contribution < -0.4 is 0 Å². The summed E-state index contributed by atoms with van der Waals surface area (Å²) in [6, 6.07) is 5.48. The Labute approximate surface area is 126 Å². The van der Waals surface area contributed by atoms with E-state index < -0.39 is 0 Å². The van der Waals surface area contributed by atoms with E-state index in [0.29, 0.717) is 0 Å². The molecule has 1 aromatic rings. The van der Waals surface area contributed by atoms with E-state index in [2.05, 4.69) is 53.7 Å². The molecule has 0 amide bonds. The van der Waals surface area contributed by atoms with Gasteiger partial charge < -0.3 is 0 Å². The molecular weight excluding hydrogens is 298 g/mol. The fraction of sp³-hybridized carbons (Fsp3) is 0.647. The maximum atomic E-state index is 3.56. The highest BCUT2D eigenvalue weighted by Gasteiger charge is 2.25. The van der Waals surface area contributed by atoms with Crippen LogP contribution in [0.25, 0.3) is 0 Å². The van der Waals surface area contributed by atoms with Crippen LogP contribution in [0.3, 0.4) is 0 Å². The summed E-state index contributed by atoms with van der Waals surface area (Å²) < 4.78 is 0. The van der Waals surface area contributed by atoms with Gasteiger partial charge in [0.1, 0.15) is 0 Å². The third-order valence-corrected chi connectivity index (χ3v) is 4.93. The third kappa shape index (κ3) is 3.82. The largest absolute Gasteiger partial charge is 0.296 e. The van der Waals surface area contributed by atoms with Crippen molar-refractivity contribution in [2.45, 2.75) is 59.0 Å². The highest BCUT2D eigenvalue weighted by molar-refractivity contribution is 9.09. The number of nitrogens with zero attached hydrogens (tertiary/aromatic N) is 1. The predicted molar refractivity (Wildman–Crippen MR) is 87.1 cm³/mol. The Morgan fingerprint density at radius 2 is 1.79 bits per heavy atom. The van der Waals surface area contributed by atoms with Crippen LogP contribution in [0.1, 0.15) is 47.9 Å². The van der Waals surface area contributed by atoms with Crippen molar-refractivity contribution in [3.8, 4) is 0 Å². The fourth-order valence-corrected chi connectivity index (χ4v) is 3.32. The molecule has 0 spiro atoms. The van der Waals surface area contributed by atoms with Crippen LogP contribution in [-0.4, -0.2) is 22.8 Å². The van der Waals surface area contributed by atoms with Gasteiger partial charge in [0.25, 0.3) is 0 Å². The molecule has 0 radical (unpaired) electrons. The van der Waals surface area contributed by atoms with Gasteiger partial charge in [-0.1, -0.05) is 40.0 Å². The minimum atomic E-state index is 0.833. The molecule has 0 aliphatic heterocycles. The third-order valence-electron chi connectivity index (χ3n) is 4.37. The number of halogens is 1. The lowest BCUT2D eigenvalue weighted by atomic mass is 9.90. The van der Waals surface area contributed by atoms with Crippen molar-refractivity contribution < 1.29 is 0 Å². The van der Waals surface area contributed by atoms with Gasteiger partial charge in [-0.15, -0.1) is 0 Å². The van der Waals surface area contributed by atoms with Gasteiger partial charge in [0.2, 0.25) is 0 Å². The lowest BCUT2D eigenvalue weighted by Crippen LogP contribution is -2.40. The van der Waals surface area contributed by atoms with Gasteiger partial charge in [0, 0.05) is 17.9 Å². The zero-order valence-electron chi connectivity index (χ0n) is 12.5. The Hall–Kier alpha value is -0.340. The maximum Gasteiger partial charge on any atom is 0.0241 e. The van der Waals surface area contributed by atoms with E-state index >= 15 is 0 Å². The van der Waals surface area contributed by atoms with Gasteiger partial charge in [0.15, 0.2) is 0 Å². The average molecular weight is 324 g/mol. The molecule has 2 rings (SSSR count). The van der Waals surface area contributed by atoms with Gasteiger partial charge in [-0.2, -0.15) is 0 Å². The van der Waals surface area contributed by atoms with Crippen molar-refractivity contribution in [2.75, 3.05) is 11.9 Å². The second-order valence-electron chi connectivity index (χ2n) is 5.98. The van der Waals surface area contributed by atoms with Crippen LogP contribution in [0.15, 0.2) is 12.1 Å². The summed E-state index contributed by atoms with van der Waals surface area (Å²) in [7, 11) is 0. The SMILES string of the molecule is Cc1cc(C)c(CN(CCCBr)C2CCC2)c(C)c1. The van der Waals surface area contributed by atoms with Crippen LogP contribution in [-0.2, 0) is 6.54 Å². The molecular formula is C17H26BrN. The summed E-state index contributed by atoms with van der Waals surface area (Å²) in [4.78, 5) is 2.70. The topological polar surface area (TPSA) is 3.24 Å². The molecule has 1 aromatic carbocycles. The van der Waals surface area contributed by atoms with Crippen LogP contribution >= 0.6 is 15.9 Å². The number of rotatable bonds is 6. The Balaban J connectivity index is 2.11. The molecule has 1 nitrogen and oxygen atoms in total. The molecule has 0 saturated heterocycles. The van der Waals surface area contributed by atoms with Crippen LogP contribution in [0, 0.1) is 20.8 Å². The normalized spacial score (nSPS) is 15.8. The zero-order valence-corrected chi connectivity index (χ0v) is 14.1. The first-order valence-corrected chi connectivity index (χ1v) is 8.60. The molecule has 1 aliphatic rings. The Bertz CT molecular complexity index is 400. The van der Waals surface area contributed by atoms with Gasteiger partial charge in [-0.3, -0.25) is 4.90 Å². The second kappa shape index (κ2) is 6.90. The minimum Gasteiger partial charge on any atom is -0.296 e. The molecule has 0 atom stereocenters. The van der Waals surface area contributed by atoms with Crippen molar-refractivity contribution in [3.05, 3.63) is 34.4 Å². The lowest BCUT2D eigenvalue weighted by Gasteiger charge is -2.38. The van der Waals surface area contributed by atoms with Gasteiger partial charge in [-0.25, -0.2) is 0 Å². The zero-order chi connectivity index (χ0) is 13.8. The molecule has 1 fully saturated rings.